The highest BCUT2D eigenvalue weighted by Gasteiger charge is 2.09. The second kappa shape index (κ2) is 24.7. The maximum absolute atomic E-state index is 8.78. The smallest absolute Gasteiger partial charge is 0.157 e. The Labute approximate surface area is 176 Å². The summed E-state index contributed by atoms with van der Waals surface area (Å²) in [6.07, 6.45) is 25.0. The van der Waals surface area contributed by atoms with Crippen LogP contribution in [0.4, 0.5) is 0 Å². The molecule has 1 N–H and O–H groups in total. The molecule has 0 aromatic carbocycles. The first kappa shape index (κ1) is 27.6. The first-order valence-electron chi connectivity index (χ1n) is 12.3. The van der Waals surface area contributed by atoms with E-state index in [4.69, 9.17) is 14.6 Å². The van der Waals surface area contributed by atoms with Crippen LogP contribution in [0.2, 0.25) is 0 Å². The minimum atomic E-state index is -0.0206. The minimum absolute atomic E-state index is 0.0206. The van der Waals surface area contributed by atoms with Crippen molar-refractivity contribution in [3.8, 4) is 0 Å². The quantitative estimate of drug-likeness (QED) is 0.110. The van der Waals surface area contributed by atoms with E-state index in [9.17, 15) is 0 Å². The average Bonchev–Trinajstić information content (AvgIpc) is 2.71. The molecule has 0 aromatic heterocycles. The summed E-state index contributed by atoms with van der Waals surface area (Å²) >= 11 is 0. The maximum atomic E-state index is 8.78. The maximum Gasteiger partial charge on any atom is 0.157 e. The van der Waals surface area contributed by atoms with Gasteiger partial charge in [-0.25, -0.2) is 0 Å². The molecule has 0 saturated carbocycles. The van der Waals surface area contributed by atoms with Gasteiger partial charge in [0.2, 0.25) is 0 Å². The van der Waals surface area contributed by atoms with E-state index < -0.39 is 0 Å². The van der Waals surface area contributed by atoms with Gasteiger partial charge in [0, 0.05) is 19.8 Å². The Morgan fingerprint density at radius 2 is 1.11 bits per heavy atom. The van der Waals surface area contributed by atoms with Gasteiger partial charge >= 0.3 is 0 Å². The summed E-state index contributed by atoms with van der Waals surface area (Å²) in [5.74, 6) is 0. The minimum Gasteiger partial charge on any atom is -0.396 e. The topological polar surface area (TPSA) is 38.7 Å². The highest BCUT2D eigenvalue weighted by Crippen LogP contribution is 2.13. The molecule has 28 heavy (non-hydrogen) atoms. The van der Waals surface area contributed by atoms with Gasteiger partial charge in [0.1, 0.15) is 0 Å². The number of hydrogen-bond donors (Lipinski definition) is 1. The molecule has 0 aliphatic carbocycles. The van der Waals surface area contributed by atoms with E-state index in [0.717, 1.165) is 51.7 Å². The number of rotatable bonds is 23. The Bertz CT molecular complexity index is 286. The van der Waals surface area contributed by atoms with Crippen LogP contribution in [-0.4, -0.2) is 31.2 Å². The Morgan fingerprint density at radius 3 is 1.64 bits per heavy atom. The third-order valence-electron chi connectivity index (χ3n) is 5.13. The van der Waals surface area contributed by atoms with Crippen molar-refractivity contribution in [3.05, 3.63) is 12.2 Å². The number of aliphatic hydroxyl groups is 1. The lowest BCUT2D eigenvalue weighted by atomic mass is 10.1. The van der Waals surface area contributed by atoms with Gasteiger partial charge in [0.15, 0.2) is 6.29 Å². The normalized spacial score (nSPS) is 11.9. The van der Waals surface area contributed by atoms with Crippen molar-refractivity contribution in [2.75, 3.05) is 19.8 Å². The van der Waals surface area contributed by atoms with E-state index in [1.54, 1.807) is 0 Å². The molecule has 0 heterocycles. The van der Waals surface area contributed by atoms with Gasteiger partial charge < -0.3 is 14.6 Å². The molecule has 3 nitrogen and oxygen atoms in total. The number of aliphatic hydroxyl groups excluding tert-OH is 1. The molecule has 0 rings (SSSR count). The Hall–Kier alpha value is -0.380. The molecule has 3 heteroatoms. The molecule has 0 saturated heterocycles. The fraction of sp³-hybridized carbons (Fsp3) is 0.920. The van der Waals surface area contributed by atoms with Crippen LogP contribution in [0.25, 0.3) is 0 Å². The average molecular weight is 399 g/mol. The summed E-state index contributed by atoms with van der Waals surface area (Å²) in [6.45, 7) is 6.44. The molecule has 0 spiro atoms. The molecule has 0 aliphatic rings. The predicted octanol–water partition coefficient (Wildman–Crippen LogP) is 7.57. The Morgan fingerprint density at radius 1 is 0.607 bits per heavy atom. The van der Waals surface area contributed by atoms with E-state index in [0.29, 0.717) is 0 Å². The van der Waals surface area contributed by atoms with E-state index in [1.165, 1.54) is 70.6 Å². The van der Waals surface area contributed by atoms with E-state index >= 15 is 0 Å². The first-order chi connectivity index (χ1) is 13.8. The second-order valence-electron chi connectivity index (χ2n) is 7.97. The molecule has 0 aromatic rings. The lowest BCUT2D eigenvalue weighted by Crippen LogP contribution is -2.19. The molecule has 0 amide bonds. The molecular weight excluding hydrogens is 348 g/mol. The summed E-state index contributed by atoms with van der Waals surface area (Å²) in [5, 5.41) is 8.78. The first-order valence-corrected chi connectivity index (χ1v) is 12.3. The highest BCUT2D eigenvalue weighted by molar-refractivity contribution is 4.80. The van der Waals surface area contributed by atoms with Gasteiger partial charge in [-0.15, -0.1) is 0 Å². The van der Waals surface area contributed by atoms with Gasteiger partial charge in [-0.05, 0) is 44.9 Å². The largest absolute Gasteiger partial charge is 0.396 e. The van der Waals surface area contributed by atoms with Crippen LogP contribution >= 0.6 is 0 Å². The van der Waals surface area contributed by atoms with Crippen molar-refractivity contribution in [3.63, 3.8) is 0 Å². The Balaban J connectivity index is 3.85. The number of hydrogen-bond acceptors (Lipinski definition) is 3. The summed E-state index contributed by atoms with van der Waals surface area (Å²) in [4.78, 5) is 0. The summed E-state index contributed by atoms with van der Waals surface area (Å²) in [7, 11) is 0. The molecule has 0 aliphatic heterocycles. The Kier molecular flexibility index (Phi) is 24.3. The van der Waals surface area contributed by atoms with E-state index in [2.05, 4.69) is 26.0 Å². The molecule has 0 radical (unpaired) electrons. The zero-order valence-corrected chi connectivity index (χ0v) is 19.1. The standard InChI is InChI=1S/C25H50O3/c1-3-5-7-9-15-19-23-27-25(21-17-13-11-12-14-18-22-26)28-24-20-16-10-8-6-4-2/h12,14,25-26H,3-11,13,15-24H2,1-2H3/b14-12-. The van der Waals surface area contributed by atoms with Crippen LogP contribution in [0.5, 0.6) is 0 Å². The van der Waals surface area contributed by atoms with Crippen LogP contribution in [-0.2, 0) is 9.47 Å². The molecule has 0 fully saturated rings. The van der Waals surface area contributed by atoms with Crippen LogP contribution in [0.1, 0.15) is 123 Å². The molecule has 0 bridgehead atoms. The monoisotopic (exact) mass is 398 g/mol. The summed E-state index contributed by atoms with van der Waals surface area (Å²) < 4.78 is 12.1. The molecule has 0 unspecified atom stereocenters. The SMILES string of the molecule is CCCCCCCCOC(CCCC/C=C\CCO)OCCCCCCCC. The van der Waals surface area contributed by atoms with Gasteiger partial charge in [-0.3, -0.25) is 0 Å². The van der Waals surface area contributed by atoms with E-state index in [1.807, 2.05) is 0 Å². The van der Waals surface area contributed by atoms with Crippen LogP contribution < -0.4 is 0 Å². The fourth-order valence-electron chi connectivity index (χ4n) is 3.29. The number of unbranched alkanes of at least 4 members (excludes halogenated alkanes) is 12. The van der Waals surface area contributed by atoms with Crippen LogP contribution in [0.15, 0.2) is 12.2 Å². The predicted molar refractivity (Wildman–Crippen MR) is 122 cm³/mol. The van der Waals surface area contributed by atoms with Gasteiger partial charge in [0.25, 0.3) is 0 Å². The van der Waals surface area contributed by atoms with Crippen molar-refractivity contribution in [2.45, 2.75) is 129 Å². The van der Waals surface area contributed by atoms with Crippen molar-refractivity contribution in [1.82, 2.24) is 0 Å². The van der Waals surface area contributed by atoms with Crippen molar-refractivity contribution in [2.24, 2.45) is 0 Å². The summed E-state index contributed by atoms with van der Waals surface area (Å²) in [6, 6.07) is 0. The zero-order valence-electron chi connectivity index (χ0n) is 19.1. The van der Waals surface area contributed by atoms with Gasteiger partial charge in [-0.1, -0.05) is 90.2 Å². The third kappa shape index (κ3) is 21.9. The van der Waals surface area contributed by atoms with Crippen molar-refractivity contribution in [1.29, 1.82) is 0 Å². The van der Waals surface area contributed by atoms with Crippen LogP contribution in [0, 0.1) is 0 Å². The second-order valence-corrected chi connectivity index (χ2v) is 7.97. The fourth-order valence-corrected chi connectivity index (χ4v) is 3.29. The zero-order chi connectivity index (χ0) is 20.5. The highest BCUT2D eigenvalue weighted by atomic mass is 16.7. The van der Waals surface area contributed by atoms with Crippen LogP contribution in [0.3, 0.4) is 0 Å². The summed E-state index contributed by atoms with van der Waals surface area (Å²) in [5.41, 5.74) is 0. The lowest BCUT2D eigenvalue weighted by molar-refractivity contribution is -0.148. The number of allylic oxidation sites excluding steroid dienone is 1. The van der Waals surface area contributed by atoms with Gasteiger partial charge in [-0.2, -0.15) is 0 Å². The van der Waals surface area contributed by atoms with Gasteiger partial charge in [0.05, 0.1) is 0 Å². The third-order valence-corrected chi connectivity index (χ3v) is 5.13. The lowest BCUT2D eigenvalue weighted by Gasteiger charge is -2.19. The molecular formula is C25H50O3. The molecule has 0 atom stereocenters. The van der Waals surface area contributed by atoms with E-state index in [-0.39, 0.29) is 12.9 Å². The van der Waals surface area contributed by atoms with Crippen molar-refractivity contribution >= 4 is 0 Å². The number of ether oxygens (including phenoxy) is 2. The van der Waals surface area contributed by atoms with Crippen molar-refractivity contribution < 1.29 is 14.6 Å². The molecule has 168 valence electrons.